The van der Waals surface area contributed by atoms with Gasteiger partial charge in [0.1, 0.15) is 36.4 Å². The standard InChI is InChI=1S/C32H27BrN2O3/c1-22-7-8-25(17-23(22)2)21-38-31-6-4-3-5-26(31)18-27(19-34)32(36)35-29-13-15-30(16-14-29)37-20-24-9-11-28(33)12-10-24/h3-18H,20-21H2,1-2H3,(H,35,36)/b27-18+. The molecule has 0 aliphatic heterocycles. The first-order valence-electron chi connectivity index (χ1n) is 12.1. The van der Waals surface area contributed by atoms with Gasteiger partial charge in [-0.2, -0.15) is 5.26 Å². The minimum atomic E-state index is -0.500. The van der Waals surface area contributed by atoms with E-state index in [9.17, 15) is 10.1 Å². The lowest BCUT2D eigenvalue weighted by molar-refractivity contribution is -0.112. The van der Waals surface area contributed by atoms with Crippen molar-refractivity contribution in [2.24, 2.45) is 0 Å². The number of anilines is 1. The van der Waals surface area contributed by atoms with Crippen molar-refractivity contribution in [2.45, 2.75) is 27.1 Å². The predicted molar refractivity (Wildman–Crippen MR) is 154 cm³/mol. The summed E-state index contributed by atoms with van der Waals surface area (Å²) in [5.41, 5.74) is 5.72. The van der Waals surface area contributed by atoms with E-state index in [2.05, 4.69) is 47.2 Å². The van der Waals surface area contributed by atoms with Gasteiger partial charge in [0.25, 0.3) is 5.91 Å². The summed E-state index contributed by atoms with van der Waals surface area (Å²) < 4.78 is 12.9. The highest BCUT2D eigenvalue weighted by Crippen LogP contribution is 2.24. The lowest BCUT2D eigenvalue weighted by atomic mass is 10.1. The number of aryl methyl sites for hydroxylation is 2. The second kappa shape index (κ2) is 12.8. The van der Waals surface area contributed by atoms with Crippen molar-refractivity contribution in [3.63, 3.8) is 0 Å². The second-order valence-electron chi connectivity index (χ2n) is 8.81. The number of rotatable bonds is 9. The lowest BCUT2D eigenvalue weighted by Gasteiger charge is -2.11. The molecule has 1 N–H and O–H groups in total. The highest BCUT2D eigenvalue weighted by atomic mass is 79.9. The first-order valence-corrected chi connectivity index (χ1v) is 12.9. The van der Waals surface area contributed by atoms with Gasteiger partial charge in [0.05, 0.1) is 0 Å². The van der Waals surface area contributed by atoms with E-state index in [1.165, 1.54) is 11.1 Å². The van der Waals surface area contributed by atoms with Gasteiger partial charge >= 0.3 is 0 Å². The van der Waals surface area contributed by atoms with Crippen LogP contribution < -0.4 is 14.8 Å². The number of para-hydroxylation sites is 1. The largest absolute Gasteiger partial charge is 0.489 e. The molecule has 0 saturated carbocycles. The summed E-state index contributed by atoms with van der Waals surface area (Å²) in [5, 5.41) is 12.5. The monoisotopic (exact) mass is 566 g/mol. The molecule has 0 aliphatic carbocycles. The van der Waals surface area contributed by atoms with Crippen LogP contribution in [0.2, 0.25) is 0 Å². The van der Waals surface area contributed by atoms with Gasteiger partial charge in [0.15, 0.2) is 0 Å². The highest BCUT2D eigenvalue weighted by Gasteiger charge is 2.12. The fourth-order valence-electron chi connectivity index (χ4n) is 3.67. The third kappa shape index (κ3) is 7.34. The predicted octanol–water partition coefficient (Wildman–Crippen LogP) is 7.77. The van der Waals surface area contributed by atoms with E-state index in [0.717, 1.165) is 15.6 Å². The number of amides is 1. The van der Waals surface area contributed by atoms with Gasteiger partial charge < -0.3 is 14.8 Å². The van der Waals surface area contributed by atoms with Crippen molar-refractivity contribution in [1.82, 2.24) is 0 Å². The van der Waals surface area contributed by atoms with Crippen molar-refractivity contribution in [3.05, 3.63) is 129 Å². The van der Waals surface area contributed by atoms with Crippen LogP contribution in [0.4, 0.5) is 5.69 Å². The van der Waals surface area contributed by atoms with Gasteiger partial charge in [0, 0.05) is 15.7 Å². The zero-order valence-corrected chi connectivity index (χ0v) is 22.8. The fourth-order valence-corrected chi connectivity index (χ4v) is 3.93. The van der Waals surface area contributed by atoms with Gasteiger partial charge in [0.2, 0.25) is 0 Å². The maximum absolute atomic E-state index is 12.9. The number of nitriles is 1. The third-order valence-corrected chi connectivity index (χ3v) is 6.51. The lowest BCUT2D eigenvalue weighted by Crippen LogP contribution is -2.13. The van der Waals surface area contributed by atoms with Gasteiger partial charge in [-0.25, -0.2) is 0 Å². The minimum Gasteiger partial charge on any atom is -0.489 e. The Labute approximate surface area is 231 Å². The minimum absolute atomic E-state index is 0.0252. The summed E-state index contributed by atoms with van der Waals surface area (Å²) in [6.45, 7) is 4.96. The Balaban J connectivity index is 1.39. The summed E-state index contributed by atoms with van der Waals surface area (Å²) in [6, 6.07) is 30.5. The zero-order chi connectivity index (χ0) is 26.9. The molecule has 0 atom stereocenters. The van der Waals surface area contributed by atoms with Crippen LogP contribution in [0.1, 0.15) is 27.8 Å². The molecule has 190 valence electrons. The Kier molecular flexibility index (Phi) is 8.97. The molecular formula is C32H27BrN2O3. The Hall–Kier alpha value is -4.34. The van der Waals surface area contributed by atoms with Crippen molar-refractivity contribution >= 4 is 33.6 Å². The number of carbonyl (C=O) groups is 1. The summed E-state index contributed by atoms with van der Waals surface area (Å²) in [4.78, 5) is 12.9. The van der Waals surface area contributed by atoms with Crippen LogP contribution in [0, 0.1) is 25.2 Å². The molecule has 1 amide bonds. The van der Waals surface area contributed by atoms with E-state index < -0.39 is 5.91 Å². The van der Waals surface area contributed by atoms with Gasteiger partial charge in [-0.05, 0) is 84.6 Å². The first-order chi connectivity index (χ1) is 18.4. The zero-order valence-electron chi connectivity index (χ0n) is 21.2. The number of ether oxygens (including phenoxy) is 2. The maximum atomic E-state index is 12.9. The number of nitrogens with one attached hydrogen (secondary N) is 1. The third-order valence-electron chi connectivity index (χ3n) is 5.98. The average Bonchev–Trinajstić information content (AvgIpc) is 2.93. The van der Waals surface area contributed by atoms with Crippen LogP contribution in [0.15, 0.2) is 101 Å². The Bertz CT molecular complexity index is 1490. The quantitative estimate of drug-likeness (QED) is 0.166. The van der Waals surface area contributed by atoms with Crippen LogP contribution in [0.25, 0.3) is 6.08 Å². The summed E-state index contributed by atoms with van der Waals surface area (Å²) in [6.07, 6.45) is 1.54. The summed E-state index contributed by atoms with van der Waals surface area (Å²) in [5.74, 6) is 0.773. The molecule has 5 nitrogen and oxygen atoms in total. The number of hydrogen-bond donors (Lipinski definition) is 1. The molecule has 0 saturated heterocycles. The van der Waals surface area contributed by atoms with Crippen LogP contribution >= 0.6 is 15.9 Å². The number of hydrogen-bond acceptors (Lipinski definition) is 4. The van der Waals surface area contributed by atoms with Crippen LogP contribution in [-0.4, -0.2) is 5.91 Å². The number of halogens is 1. The molecule has 0 radical (unpaired) electrons. The molecule has 0 fully saturated rings. The molecule has 0 spiro atoms. The number of benzene rings is 4. The highest BCUT2D eigenvalue weighted by molar-refractivity contribution is 9.10. The molecule has 4 aromatic carbocycles. The van der Waals surface area contributed by atoms with Crippen LogP contribution in [0.5, 0.6) is 11.5 Å². The van der Waals surface area contributed by atoms with Crippen LogP contribution in [-0.2, 0) is 18.0 Å². The molecule has 0 aromatic heterocycles. The molecule has 0 unspecified atom stereocenters. The second-order valence-corrected chi connectivity index (χ2v) is 9.72. The van der Waals surface area contributed by atoms with Crippen LogP contribution in [0.3, 0.4) is 0 Å². The van der Waals surface area contributed by atoms with Gasteiger partial charge in [-0.1, -0.05) is 64.5 Å². The molecule has 38 heavy (non-hydrogen) atoms. The first kappa shape index (κ1) is 26.7. The van der Waals surface area contributed by atoms with Gasteiger partial charge in [-0.3, -0.25) is 4.79 Å². The molecule has 4 rings (SSSR count). The number of carbonyl (C=O) groups excluding carboxylic acids is 1. The SMILES string of the molecule is Cc1ccc(COc2ccccc2/C=C(\C#N)C(=O)Nc2ccc(OCc3ccc(Br)cc3)cc2)cc1C. The van der Waals surface area contributed by atoms with Crippen molar-refractivity contribution in [2.75, 3.05) is 5.32 Å². The topological polar surface area (TPSA) is 71.3 Å². The smallest absolute Gasteiger partial charge is 0.266 e. The molecule has 0 aliphatic rings. The van der Waals surface area contributed by atoms with E-state index >= 15 is 0 Å². The molecular weight excluding hydrogens is 540 g/mol. The Morgan fingerprint density at radius 2 is 1.55 bits per heavy atom. The fraction of sp³-hybridized carbons (Fsp3) is 0.125. The van der Waals surface area contributed by atoms with E-state index in [-0.39, 0.29) is 5.57 Å². The molecule has 4 aromatic rings. The molecule has 0 heterocycles. The summed E-state index contributed by atoms with van der Waals surface area (Å²) in [7, 11) is 0. The van der Waals surface area contributed by atoms with Crippen molar-refractivity contribution in [3.8, 4) is 17.6 Å². The normalized spacial score (nSPS) is 10.9. The van der Waals surface area contributed by atoms with Crippen molar-refractivity contribution < 1.29 is 14.3 Å². The van der Waals surface area contributed by atoms with Gasteiger partial charge in [-0.15, -0.1) is 0 Å². The molecule has 6 heteroatoms. The Morgan fingerprint density at radius 1 is 0.868 bits per heavy atom. The number of nitrogens with zero attached hydrogens (tertiary/aromatic N) is 1. The van der Waals surface area contributed by atoms with E-state index in [4.69, 9.17) is 9.47 Å². The molecule has 0 bridgehead atoms. The summed E-state index contributed by atoms with van der Waals surface area (Å²) >= 11 is 3.42. The maximum Gasteiger partial charge on any atom is 0.266 e. The van der Waals surface area contributed by atoms with Crippen molar-refractivity contribution in [1.29, 1.82) is 5.26 Å². The Morgan fingerprint density at radius 3 is 2.26 bits per heavy atom. The van der Waals surface area contributed by atoms with E-state index in [1.54, 1.807) is 30.3 Å². The van der Waals surface area contributed by atoms with E-state index in [1.807, 2.05) is 60.7 Å². The average molecular weight is 567 g/mol. The van der Waals surface area contributed by atoms with E-state index in [0.29, 0.717) is 36.0 Å².